The van der Waals surface area contributed by atoms with E-state index in [-0.39, 0.29) is 17.4 Å². The van der Waals surface area contributed by atoms with E-state index in [0.717, 1.165) is 17.8 Å². The average molecular weight is 395 g/mol. The van der Waals surface area contributed by atoms with E-state index in [2.05, 4.69) is 31.5 Å². The molecule has 1 amide bonds. The molecule has 0 bridgehead atoms. The summed E-state index contributed by atoms with van der Waals surface area (Å²) >= 11 is 0. The Hall–Kier alpha value is -3.33. The third kappa shape index (κ3) is 3.95. The quantitative estimate of drug-likeness (QED) is 0.593. The number of tetrazole rings is 1. The van der Waals surface area contributed by atoms with Crippen molar-refractivity contribution in [2.45, 2.75) is 32.4 Å². The second-order valence-corrected chi connectivity index (χ2v) is 6.84. The van der Waals surface area contributed by atoms with Gasteiger partial charge < -0.3 is 16.0 Å². The SMILES string of the molecule is CCC(Nc1nnnn1-c1ccccc1)C(=O)Nc1ccc2c(c1F)CCNC2. The van der Waals surface area contributed by atoms with E-state index in [0.29, 0.717) is 30.9 Å². The first-order chi connectivity index (χ1) is 14.2. The van der Waals surface area contributed by atoms with Crippen LogP contribution in [0, 0.1) is 5.82 Å². The maximum absolute atomic E-state index is 14.8. The molecule has 1 aromatic heterocycles. The van der Waals surface area contributed by atoms with Crippen molar-refractivity contribution in [3.8, 4) is 5.69 Å². The predicted molar refractivity (Wildman–Crippen MR) is 107 cm³/mol. The van der Waals surface area contributed by atoms with Gasteiger partial charge in [0.2, 0.25) is 11.9 Å². The molecule has 2 heterocycles. The van der Waals surface area contributed by atoms with Crippen molar-refractivity contribution in [2.24, 2.45) is 0 Å². The molecule has 0 radical (unpaired) electrons. The molecule has 3 N–H and O–H groups in total. The number of carbonyl (C=O) groups is 1. The number of para-hydroxylation sites is 1. The Labute approximate surface area is 167 Å². The van der Waals surface area contributed by atoms with Gasteiger partial charge in [-0.05, 0) is 59.1 Å². The van der Waals surface area contributed by atoms with Gasteiger partial charge in [-0.1, -0.05) is 36.3 Å². The topological polar surface area (TPSA) is 96.8 Å². The van der Waals surface area contributed by atoms with Crippen LogP contribution in [0.15, 0.2) is 42.5 Å². The van der Waals surface area contributed by atoms with Crippen molar-refractivity contribution < 1.29 is 9.18 Å². The normalized spacial score (nSPS) is 14.1. The Kier molecular flexibility index (Phi) is 5.48. The van der Waals surface area contributed by atoms with Crippen molar-refractivity contribution in [2.75, 3.05) is 17.2 Å². The molecule has 0 aliphatic carbocycles. The Morgan fingerprint density at radius 1 is 1.28 bits per heavy atom. The lowest BCUT2D eigenvalue weighted by molar-refractivity contribution is -0.117. The number of anilines is 2. The van der Waals surface area contributed by atoms with E-state index in [1.165, 1.54) is 4.68 Å². The average Bonchev–Trinajstić information content (AvgIpc) is 3.23. The minimum absolute atomic E-state index is 0.193. The van der Waals surface area contributed by atoms with Gasteiger partial charge >= 0.3 is 0 Å². The predicted octanol–water partition coefficient (Wildman–Crippen LogP) is 2.28. The van der Waals surface area contributed by atoms with Crippen molar-refractivity contribution in [1.82, 2.24) is 25.5 Å². The molecule has 29 heavy (non-hydrogen) atoms. The standard InChI is InChI=1S/C20H22FN7O/c1-2-16(24-20-25-26-27-28(20)14-6-4-3-5-7-14)19(29)23-17-9-8-13-12-22-11-10-15(13)18(17)21/h3-9,16,22H,2,10-12H2,1H3,(H,23,29)(H,24,25,27). The number of amides is 1. The molecule has 1 aliphatic rings. The van der Waals surface area contributed by atoms with E-state index in [1.807, 2.05) is 43.3 Å². The zero-order valence-corrected chi connectivity index (χ0v) is 16.0. The summed E-state index contributed by atoms with van der Waals surface area (Å²) in [7, 11) is 0. The van der Waals surface area contributed by atoms with Gasteiger partial charge in [0.15, 0.2) is 0 Å². The highest BCUT2D eigenvalue weighted by atomic mass is 19.1. The van der Waals surface area contributed by atoms with Crippen LogP contribution in [0.3, 0.4) is 0 Å². The summed E-state index contributed by atoms with van der Waals surface area (Å²) in [4.78, 5) is 12.8. The van der Waals surface area contributed by atoms with Gasteiger partial charge in [-0.15, -0.1) is 0 Å². The third-order valence-corrected chi connectivity index (χ3v) is 4.96. The lowest BCUT2D eigenvalue weighted by Crippen LogP contribution is -2.35. The molecular weight excluding hydrogens is 373 g/mol. The van der Waals surface area contributed by atoms with Gasteiger partial charge in [-0.25, -0.2) is 4.39 Å². The maximum Gasteiger partial charge on any atom is 0.248 e. The fourth-order valence-corrected chi connectivity index (χ4v) is 3.38. The van der Waals surface area contributed by atoms with Crippen molar-refractivity contribution in [3.63, 3.8) is 0 Å². The second-order valence-electron chi connectivity index (χ2n) is 6.84. The van der Waals surface area contributed by atoms with Crippen LogP contribution in [-0.2, 0) is 17.8 Å². The zero-order valence-electron chi connectivity index (χ0n) is 16.0. The summed E-state index contributed by atoms with van der Waals surface area (Å²) in [6.07, 6.45) is 1.08. The van der Waals surface area contributed by atoms with Crippen LogP contribution >= 0.6 is 0 Å². The number of hydrogen-bond acceptors (Lipinski definition) is 6. The lowest BCUT2D eigenvalue weighted by Gasteiger charge is -2.21. The molecule has 2 aromatic carbocycles. The number of fused-ring (bicyclic) bond motifs is 1. The summed E-state index contributed by atoms with van der Waals surface area (Å²) in [5.74, 6) is -0.362. The van der Waals surface area contributed by atoms with Gasteiger partial charge in [0.1, 0.15) is 11.9 Å². The molecule has 0 spiro atoms. The van der Waals surface area contributed by atoms with E-state index in [1.54, 1.807) is 6.07 Å². The van der Waals surface area contributed by atoms with Crippen molar-refractivity contribution in [1.29, 1.82) is 0 Å². The van der Waals surface area contributed by atoms with E-state index >= 15 is 0 Å². The first-order valence-electron chi connectivity index (χ1n) is 9.59. The molecule has 0 fully saturated rings. The Morgan fingerprint density at radius 2 is 2.10 bits per heavy atom. The van der Waals surface area contributed by atoms with Gasteiger partial charge in [0, 0.05) is 6.54 Å². The molecule has 1 atom stereocenters. The maximum atomic E-state index is 14.8. The summed E-state index contributed by atoms with van der Waals surface area (Å²) in [5.41, 5.74) is 2.55. The highest BCUT2D eigenvalue weighted by molar-refractivity contribution is 5.96. The van der Waals surface area contributed by atoms with Crippen LogP contribution in [0.4, 0.5) is 16.0 Å². The first kappa shape index (κ1) is 19.0. The van der Waals surface area contributed by atoms with Crippen LogP contribution < -0.4 is 16.0 Å². The van der Waals surface area contributed by atoms with Crippen LogP contribution in [0.25, 0.3) is 5.69 Å². The highest BCUT2D eigenvalue weighted by Gasteiger charge is 2.23. The molecule has 8 nitrogen and oxygen atoms in total. The monoisotopic (exact) mass is 395 g/mol. The van der Waals surface area contributed by atoms with Crippen molar-refractivity contribution >= 4 is 17.5 Å². The number of hydrogen-bond donors (Lipinski definition) is 3. The van der Waals surface area contributed by atoms with E-state index in [4.69, 9.17) is 0 Å². The minimum atomic E-state index is -0.624. The number of halogens is 1. The van der Waals surface area contributed by atoms with Crippen LogP contribution in [0.1, 0.15) is 24.5 Å². The third-order valence-electron chi connectivity index (χ3n) is 4.96. The van der Waals surface area contributed by atoms with Crippen LogP contribution in [0.5, 0.6) is 0 Å². The molecule has 1 unspecified atom stereocenters. The smallest absolute Gasteiger partial charge is 0.248 e. The fourth-order valence-electron chi connectivity index (χ4n) is 3.38. The van der Waals surface area contributed by atoms with Gasteiger partial charge in [0.25, 0.3) is 0 Å². The second kappa shape index (κ2) is 8.36. The summed E-state index contributed by atoms with van der Waals surface area (Å²) in [5, 5.41) is 20.6. The Bertz CT molecular complexity index is 1010. The summed E-state index contributed by atoms with van der Waals surface area (Å²) in [6.45, 7) is 3.23. The zero-order chi connectivity index (χ0) is 20.2. The highest BCUT2D eigenvalue weighted by Crippen LogP contribution is 2.25. The molecule has 0 saturated heterocycles. The van der Waals surface area contributed by atoms with E-state index in [9.17, 15) is 9.18 Å². The van der Waals surface area contributed by atoms with Crippen LogP contribution in [-0.4, -0.2) is 38.7 Å². The Morgan fingerprint density at radius 3 is 2.90 bits per heavy atom. The Balaban J connectivity index is 1.51. The molecule has 9 heteroatoms. The summed E-state index contributed by atoms with van der Waals surface area (Å²) in [6, 6.07) is 12.2. The number of nitrogens with zero attached hydrogens (tertiary/aromatic N) is 4. The fraction of sp³-hybridized carbons (Fsp3) is 0.300. The number of rotatable bonds is 6. The molecule has 1 aliphatic heterocycles. The van der Waals surface area contributed by atoms with Gasteiger partial charge in [-0.2, -0.15) is 4.68 Å². The molecule has 3 aromatic rings. The molecule has 4 rings (SSSR count). The number of aromatic nitrogens is 4. The van der Waals surface area contributed by atoms with Crippen LogP contribution in [0.2, 0.25) is 0 Å². The van der Waals surface area contributed by atoms with E-state index < -0.39 is 6.04 Å². The molecular formula is C20H22FN7O. The number of benzene rings is 2. The number of nitrogens with one attached hydrogen (secondary N) is 3. The summed E-state index contributed by atoms with van der Waals surface area (Å²) < 4.78 is 16.4. The minimum Gasteiger partial charge on any atom is -0.341 e. The molecule has 0 saturated carbocycles. The molecule has 150 valence electrons. The largest absolute Gasteiger partial charge is 0.341 e. The van der Waals surface area contributed by atoms with Crippen molar-refractivity contribution in [3.05, 3.63) is 59.4 Å². The van der Waals surface area contributed by atoms with Gasteiger partial charge in [0.05, 0.1) is 11.4 Å². The first-order valence-corrected chi connectivity index (χ1v) is 9.59. The van der Waals surface area contributed by atoms with Gasteiger partial charge in [-0.3, -0.25) is 4.79 Å². The lowest BCUT2D eigenvalue weighted by atomic mass is 9.99. The number of carbonyl (C=O) groups excluding carboxylic acids is 1.